The fourth-order valence-electron chi connectivity index (χ4n) is 3.25. The molecule has 1 saturated carbocycles. The third-order valence-corrected chi connectivity index (χ3v) is 4.28. The molecule has 1 aromatic rings. The zero-order valence-electron chi connectivity index (χ0n) is 14.1. The van der Waals surface area contributed by atoms with E-state index in [2.05, 4.69) is 15.3 Å². The summed E-state index contributed by atoms with van der Waals surface area (Å²) in [6.07, 6.45) is 5.49. The second-order valence-corrected chi connectivity index (χ2v) is 6.85. The van der Waals surface area contributed by atoms with Gasteiger partial charge in [-0.05, 0) is 51.9 Å². The van der Waals surface area contributed by atoms with E-state index in [-0.39, 0.29) is 17.4 Å². The van der Waals surface area contributed by atoms with Crippen LogP contribution in [0.1, 0.15) is 51.5 Å². The first-order chi connectivity index (χ1) is 11.3. The minimum atomic E-state index is -0.731. The minimum absolute atomic E-state index is 0.189. The van der Waals surface area contributed by atoms with Gasteiger partial charge < -0.3 is 21.5 Å². The van der Waals surface area contributed by atoms with Gasteiger partial charge in [0, 0.05) is 6.04 Å². The van der Waals surface area contributed by atoms with E-state index in [0.29, 0.717) is 11.9 Å². The molecule has 0 aromatic carbocycles. The summed E-state index contributed by atoms with van der Waals surface area (Å²) in [6.45, 7) is 3.77. The highest BCUT2D eigenvalue weighted by atomic mass is 16.6. The van der Waals surface area contributed by atoms with Gasteiger partial charge in [0.15, 0.2) is 0 Å². The third kappa shape index (κ3) is 4.98. The zero-order chi connectivity index (χ0) is 17.7. The number of nitrogen functional groups attached to an aromatic ring is 1. The van der Waals surface area contributed by atoms with Crippen molar-refractivity contribution in [1.29, 1.82) is 5.26 Å². The molecule has 0 saturated heterocycles. The van der Waals surface area contributed by atoms with Crippen LogP contribution in [0.15, 0.2) is 6.20 Å². The van der Waals surface area contributed by atoms with E-state index in [4.69, 9.17) is 21.5 Å². The fourth-order valence-corrected chi connectivity index (χ4v) is 3.25. The van der Waals surface area contributed by atoms with E-state index in [1.54, 1.807) is 0 Å². The number of aromatic nitrogens is 2. The molecule has 0 bridgehead atoms. The van der Waals surface area contributed by atoms with Gasteiger partial charge >= 0.3 is 6.09 Å². The van der Waals surface area contributed by atoms with Crippen LogP contribution in [0.3, 0.4) is 0 Å². The average molecular weight is 332 g/mol. The van der Waals surface area contributed by atoms with Gasteiger partial charge in [0.25, 0.3) is 0 Å². The SMILES string of the molecule is CC(C)(CC1CCC(Nc2ncc(C#N)c(N)n2)CC1)OC(N)=O. The highest BCUT2D eigenvalue weighted by Crippen LogP contribution is 2.33. The lowest BCUT2D eigenvalue weighted by molar-refractivity contribution is 0.0215. The maximum Gasteiger partial charge on any atom is 0.405 e. The van der Waals surface area contributed by atoms with Crippen LogP contribution < -0.4 is 16.8 Å². The minimum Gasteiger partial charge on any atom is -0.444 e. The van der Waals surface area contributed by atoms with Crippen LogP contribution >= 0.6 is 0 Å². The number of hydrogen-bond donors (Lipinski definition) is 3. The van der Waals surface area contributed by atoms with Crippen LogP contribution in [0.2, 0.25) is 0 Å². The first-order valence-corrected chi connectivity index (χ1v) is 8.06. The molecule has 1 aromatic heterocycles. The Morgan fingerprint density at radius 2 is 2.12 bits per heavy atom. The van der Waals surface area contributed by atoms with Crippen LogP contribution in [0.4, 0.5) is 16.6 Å². The zero-order valence-corrected chi connectivity index (χ0v) is 14.1. The van der Waals surface area contributed by atoms with Gasteiger partial charge in [-0.3, -0.25) is 0 Å². The number of amides is 1. The summed E-state index contributed by atoms with van der Waals surface area (Å²) in [5.74, 6) is 1.13. The number of rotatable bonds is 5. The van der Waals surface area contributed by atoms with Crippen LogP contribution in [-0.4, -0.2) is 27.7 Å². The summed E-state index contributed by atoms with van der Waals surface area (Å²) < 4.78 is 5.16. The molecule has 0 radical (unpaired) electrons. The fraction of sp³-hybridized carbons (Fsp3) is 0.625. The number of carbonyl (C=O) groups excluding carboxylic acids is 1. The first-order valence-electron chi connectivity index (χ1n) is 8.06. The molecule has 5 N–H and O–H groups in total. The Bertz CT molecular complexity index is 632. The van der Waals surface area contributed by atoms with Crippen molar-refractivity contribution in [2.24, 2.45) is 11.7 Å². The maximum absolute atomic E-state index is 10.9. The molecule has 24 heavy (non-hydrogen) atoms. The van der Waals surface area contributed by atoms with Gasteiger partial charge in [-0.2, -0.15) is 10.2 Å². The molecular weight excluding hydrogens is 308 g/mol. The number of nitriles is 1. The van der Waals surface area contributed by atoms with Crippen molar-refractivity contribution >= 4 is 17.9 Å². The summed E-state index contributed by atoms with van der Waals surface area (Å²) in [7, 11) is 0. The van der Waals surface area contributed by atoms with Crippen molar-refractivity contribution in [2.75, 3.05) is 11.1 Å². The predicted octanol–water partition coefficient (Wildman–Crippen LogP) is 2.17. The van der Waals surface area contributed by atoms with Gasteiger partial charge in [0.2, 0.25) is 5.95 Å². The van der Waals surface area contributed by atoms with Gasteiger partial charge in [-0.25, -0.2) is 9.78 Å². The van der Waals surface area contributed by atoms with Gasteiger partial charge in [-0.1, -0.05) is 0 Å². The number of nitrogens with zero attached hydrogens (tertiary/aromatic N) is 3. The van der Waals surface area contributed by atoms with E-state index in [9.17, 15) is 4.79 Å². The molecule has 130 valence electrons. The summed E-state index contributed by atoms with van der Waals surface area (Å²) in [5.41, 5.74) is 10.6. The monoisotopic (exact) mass is 332 g/mol. The molecule has 0 aliphatic heterocycles. The highest BCUT2D eigenvalue weighted by Gasteiger charge is 2.30. The lowest BCUT2D eigenvalue weighted by atomic mass is 9.80. The molecule has 1 fully saturated rings. The summed E-state index contributed by atoms with van der Waals surface area (Å²) in [4.78, 5) is 19.2. The Labute approximate surface area is 141 Å². The van der Waals surface area contributed by atoms with Gasteiger partial charge in [-0.15, -0.1) is 0 Å². The maximum atomic E-state index is 10.9. The van der Waals surface area contributed by atoms with Crippen molar-refractivity contribution < 1.29 is 9.53 Å². The van der Waals surface area contributed by atoms with E-state index in [1.165, 1.54) is 6.20 Å². The summed E-state index contributed by atoms with van der Waals surface area (Å²) in [6, 6.07) is 2.22. The molecule has 1 amide bonds. The lowest BCUT2D eigenvalue weighted by Gasteiger charge is -2.34. The quantitative estimate of drug-likeness (QED) is 0.750. The molecule has 0 spiro atoms. The second kappa shape index (κ2) is 7.34. The average Bonchev–Trinajstić information content (AvgIpc) is 2.48. The number of nitrogens with two attached hydrogens (primary N) is 2. The van der Waals surface area contributed by atoms with E-state index in [0.717, 1.165) is 32.1 Å². The Morgan fingerprint density at radius 3 is 2.67 bits per heavy atom. The first kappa shape index (κ1) is 17.8. The van der Waals surface area contributed by atoms with Gasteiger partial charge in [0.1, 0.15) is 23.1 Å². The number of anilines is 2. The topological polar surface area (TPSA) is 140 Å². The molecule has 1 aliphatic rings. The van der Waals surface area contributed by atoms with E-state index in [1.807, 2.05) is 19.9 Å². The Balaban J connectivity index is 1.84. The summed E-state index contributed by atoms with van der Waals surface area (Å²) in [5, 5.41) is 12.1. The number of nitrogens with one attached hydrogen (secondary N) is 1. The highest BCUT2D eigenvalue weighted by molar-refractivity contribution is 5.65. The van der Waals surface area contributed by atoms with Crippen LogP contribution in [0, 0.1) is 17.2 Å². The predicted molar refractivity (Wildman–Crippen MR) is 89.9 cm³/mol. The Hall–Kier alpha value is -2.56. The number of carbonyl (C=O) groups is 1. The van der Waals surface area contributed by atoms with E-state index >= 15 is 0 Å². The third-order valence-electron chi connectivity index (χ3n) is 4.28. The number of hydrogen-bond acceptors (Lipinski definition) is 7. The number of ether oxygens (including phenoxy) is 1. The van der Waals surface area contributed by atoms with Crippen molar-refractivity contribution in [3.63, 3.8) is 0 Å². The smallest absolute Gasteiger partial charge is 0.405 e. The van der Waals surface area contributed by atoms with Crippen molar-refractivity contribution in [3.8, 4) is 6.07 Å². The molecule has 0 atom stereocenters. The molecule has 8 nitrogen and oxygen atoms in total. The van der Waals surface area contributed by atoms with Crippen molar-refractivity contribution in [2.45, 2.75) is 57.6 Å². The second-order valence-electron chi connectivity index (χ2n) is 6.85. The van der Waals surface area contributed by atoms with Crippen molar-refractivity contribution in [3.05, 3.63) is 11.8 Å². The number of primary amides is 1. The Morgan fingerprint density at radius 1 is 1.46 bits per heavy atom. The molecule has 1 heterocycles. The molecule has 0 unspecified atom stereocenters. The lowest BCUT2D eigenvalue weighted by Crippen LogP contribution is -2.35. The Kier molecular flexibility index (Phi) is 5.44. The van der Waals surface area contributed by atoms with Crippen LogP contribution in [0.5, 0.6) is 0 Å². The van der Waals surface area contributed by atoms with E-state index < -0.39 is 11.7 Å². The van der Waals surface area contributed by atoms with Gasteiger partial charge in [0.05, 0.1) is 6.20 Å². The standard InChI is InChI=1S/C16H24N6O2/c1-16(2,24-14(19)23)7-10-3-5-12(6-4-10)21-15-20-9-11(8-17)13(18)22-15/h9-10,12H,3-7H2,1-2H3,(H2,19,23)(H3,18,20,21,22). The normalized spacial score (nSPS) is 20.9. The summed E-state index contributed by atoms with van der Waals surface area (Å²) >= 11 is 0. The molecule has 2 rings (SSSR count). The molecule has 1 aliphatic carbocycles. The van der Waals surface area contributed by atoms with Crippen LogP contribution in [0.25, 0.3) is 0 Å². The molecular formula is C16H24N6O2. The van der Waals surface area contributed by atoms with Crippen molar-refractivity contribution in [1.82, 2.24) is 9.97 Å². The molecule has 8 heteroatoms. The van der Waals surface area contributed by atoms with Crippen LogP contribution in [-0.2, 0) is 4.74 Å². The largest absolute Gasteiger partial charge is 0.444 e.